The maximum atomic E-state index is 12.9. The minimum absolute atomic E-state index is 0.0428. The third kappa shape index (κ3) is 34.2. The van der Waals surface area contributed by atoms with Gasteiger partial charge in [0.1, 0.15) is 0 Å². The summed E-state index contributed by atoms with van der Waals surface area (Å²) < 4.78 is 16.6. The Morgan fingerprint density at radius 3 is 1.47 bits per heavy atom. The number of rotatable bonds is 40. The van der Waals surface area contributed by atoms with Crippen LogP contribution in [0.4, 0.5) is 4.79 Å². The van der Waals surface area contributed by atoms with Crippen molar-refractivity contribution in [3.63, 3.8) is 0 Å². The molecule has 0 saturated carbocycles. The van der Waals surface area contributed by atoms with Gasteiger partial charge in [0.05, 0.1) is 25.7 Å². The molecule has 0 spiro atoms. The standard InChI is InChI=1S/C44H87NO6/c1-5-9-13-16-17-24-33-42(32-23-15-11-7-3)43(47)49-38-27-20-18-25-34-45(36-29-37-46)35-26-19-21-28-39-50-44(48)51-40-41(30-12-8-4)31-22-14-10-6-2/h41-42,46H,5-40H2,1-4H3. The zero-order valence-electron chi connectivity index (χ0n) is 34.5. The highest BCUT2D eigenvalue weighted by molar-refractivity contribution is 5.72. The van der Waals surface area contributed by atoms with Gasteiger partial charge in [0.15, 0.2) is 0 Å². The Morgan fingerprint density at radius 2 is 0.902 bits per heavy atom. The fraction of sp³-hybridized carbons (Fsp3) is 0.955. The minimum Gasteiger partial charge on any atom is -0.465 e. The van der Waals surface area contributed by atoms with E-state index in [1.54, 1.807) is 0 Å². The number of carbonyl (C=O) groups excluding carboxylic acids is 2. The number of nitrogens with zero attached hydrogens (tertiary/aromatic N) is 1. The molecule has 0 aromatic rings. The first-order valence-electron chi connectivity index (χ1n) is 22.3. The van der Waals surface area contributed by atoms with Gasteiger partial charge in [-0.2, -0.15) is 0 Å². The van der Waals surface area contributed by atoms with Gasteiger partial charge < -0.3 is 24.2 Å². The number of unbranched alkanes of at least 4 members (excludes halogenated alkanes) is 18. The predicted molar refractivity (Wildman–Crippen MR) is 215 cm³/mol. The summed E-state index contributed by atoms with van der Waals surface area (Å²) in [6.07, 6.45) is 32.7. The van der Waals surface area contributed by atoms with Crippen LogP contribution in [0, 0.1) is 11.8 Å². The Bertz CT molecular complexity index is 734. The summed E-state index contributed by atoms with van der Waals surface area (Å²) in [5.41, 5.74) is 0. The van der Waals surface area contributed by atoms with E-state index in [-0.39, 0.29) is 18.5 Å². The molecule has 0 aliphatic heterocycles. The summed E-state index contributed by atoms with van der Waals surface area (Å²) in [6.45, 7) is 13.6. The SMILES string of the molecule is CCCCCCCCC(CCCCCC)C(=O)OCCCCCCN(CCCO)CCCCCCOC(=O)OCC(CCCC)CCCCCC. The normalized spacial score (nSPS) is 12.7. The number of ether oxygens (including phenoxy) is 3. The molecule has 0 aliphatic carbocycles. The monoisotopic (exact) mass is 726 g/mol. The molecule has 0 amide bonds. The molecule has 0 fully saturated rings. The molecule has 304 valence electrons. The second kappa shape index (κ2) is 39.9. The fourth-order valence-electron chi connectivity index (χ4n) is 6.92. The third-order valence-corrected chi connectivity index (χ3v) is 10.3. The van der Waals surface area contributed by atoms with Gasteiger partial charge in [-0.3, -0.25) is 4.79 Å². The first-order valence-corrected chi connectivity index (χ1v) is 22.3. The molecule has 0 heterocycles. The van der Waals surface area contributed by atoms with Crippen LogP contribution in [-0.4, -0.2) is 68.2 Å². The van der Waals surface area contributed by atoms with E-state index in [1.807, 2.05) is 0 Å². The third-order valence-electron chi connectivity index (χ3n) is 10.3. The molecule has 0 aliphatic rings. The van der Waals surface area contributed by atoms with Crippen LogP contribution in [0.15, 0.2) is 0 Å². The molecule has 7 heteroatoms. The predicted octanol–water partition coefficient (Wildman–Crippen LogP) is 12.6. The Kier molecular flexibility index (Phi) is 38.8. The lowest BCUT2D eigenvalue weighted by Crippen LogP contribution is -2.28. The highest BCUT2D eigenvalue weighted by atomic mass is 16.7. The molecule has 0 aromatic heterocycles. The number of hydrogen-bond donors (Lipinski definition) is 1. The summed E-state index contributed by atoms with van der Waals surface area (Å²) in [7, 11) is 0. The summed E-state index contributed by atoms with van der Waals surface area (Å²) in [4.78, 5) is 27.5. The van der Waals surface area contributed by atoms with Gasteiger partial charge in [0.2, 0.25) is 0 Å². The van der Waals surface area contributed by atoms with Crippen LogP contribution in [0.2, 0.25) is 0 Å². The summed E-state index contributed by atoms with van der Waals surface area (Å²) in [5, 5.41) is 9.39. The summed E-state index contributed by atoms with van der Waals surface area (Å²) >= 11 is 0. The van der Waals surface area contributed by atoms with Crippen LogP contribution in [-0.2, 0) is 19.0 Å². The van der Waals surface area contributed by atoms with Gasteiger partial charge in [0, 0.05) is 13.2 Å². The molecule has 0 radical (unpaired) electrons. The van der Waals surface area contributed by atoms with Crippen molar-refractivity contribution in [1.82, 2.24) is 4.90 Å². The van der Waals surface area contributed by atoms with Crippen LogP contribution >= 0.6 is 0 Å². The fourth-order valence-corrected chi connectivity index (χ4v) is 6.92. The van der Waals surface area contributed by atoms with Crippen molar-refractivity contribution >= 4 is 12.1 Å². The lowest BCUT2D eigenvalue weighted by Gasteiger charge is -2.22. The molecule has 2 unspecified atom stereocenters. The number of aliphatic hydroxyl groups excluding tert-OH is 1. The molecule has 2 atom stereocenters. The Labute approximate surface area is 317 Å². The zero-order chi connectivity index (χ0) is 37.5. The molecule has 0 saturated heterocycles. The number of hydrogen-bond acceptors (Lipinski definition) is 7. The largest absolute Gasteiger partial charge is 0.508 e. The van der Waals surface area contributed by atoms with Gasteiger partial charge >= 0.3 is 12.1 Å². The first-order chi connectivity index (χ1) is 25.0. The van der Waals surface area contributed by atoms with Crippen LogP contribution in [0.3, 0.4) is 0 Å². The molecule has 51 heavy (non-hydrogen) atoms. The smallest absolute Gasteiger partial charge is 0.465 e. The zero-order valence-corrected chi connectivity index (χ0v) is 34.5. The Balaban J connectivity index is 4.15. The molecular formula is C44H87NO6. The molecule has 0 bridgehead atoms. The van der Waals surface area contributed by atoms with E-state index in [1.165, 1.54) is 89.9 Å². The van der Waals surface area contributed by atoms with E-state index in [0.717, 1.165) is 116 Å². The van der Waals surface area contributed by atoms with E-state index in [9.17, 15) is 14.7 Å². The van der Waals surface area contributed by atoms with Gasteiger partial charge in [-0.25, -0.2) is 4.79 Å². The molecule has 1 N–H and O–H groups in total. The van der Waals surface area contributed by atoms with Gasteiger partial charge in [-0.15, -0.1) is 0 Å². The van der Waals surface area contributed by atoms with E-state index >= 15 is 0 Å². The van der Waals surface area contributed by atoms with Crippen LogP contribution in [0.5, 0.6) is 0 Å². The van der Waals surface area contributed by atoms with Crippen LogP contribution in [0.25, 0.3) is 0 Å². The second-order valence-corrected chi connectivity index (χ2v) is 15.3. The number of carbonyl (C=O) groups is 2. The van der Waals surface area contributed by atoms with Crippen molar-refractivity contribution in [3.8, 4) is 0 Å². The maximum Gasteiger partial charge on any atom is 0.508 e. The van der Waals surface area contributed by atoms with Crippen molar-refractivity contribution < 1.29 is 28.9 Å². The summed E-state index contributed by atoms with van der Waals surface area (Å²) in [5.74, 6) is 0.580. The van der Waals surface area contributed by atoms with Crippen molar-refractivity contribution in [2.24, 2.45) is 11.8 Å². The van der Waals surface area contributed by atoms with Gasteiger partial charge in [-0.1, -0.05) is 156 Å². The van der Waals surface area contributed by atoms with E-state index in [2.05, 4.69) is 32.6 Å². The maximum absolute atomic E-state index is 12.9. The van der Waals surface area contributed by atoms with Crippen molar-refractivity contribution in [3.05, 3.63) is 0 Å². The van der Waals surface area contributed by atoms with Crippen molar-refractivity contribution in [2.45, 2.75) is 214 Å². The average Bonchev–Trinajstić information content (AvgIpc) is 3.13. The number of esters is 1. The van der Waals surface area contributed by atoms with E-state index in [0.29, 0.717) is 25.7 Å². The lowest BCUT2D eigenvalue weighted by atomic mass is 9.94. The van der Waals surface area contributed by atoms with Crippen LogP contribution in [0.1, 0.15) is 214 Å². The molecule has 0 aromatic carbocycles. The number of aliphatic hydroxyl groups is 1. The van der Waals surface area contributed by atoms with E-state index in [4.69, 9.17) is 14.2 Å². The Morgan fingerprint density at radius 1 is 0.471 bits per heavy atom. The molecule has 0 rings (SSSR count). The van der Waals surface area contributed by atoms with Crippen LogP contribution < -0.4 is 0 Å². The summed E-state index contributed by atoms with van der Waals surface area (Å²) in [6, 6.07) is 0. The quantitative estimate of drug-likeness (QED) is 0.0497. The minimum atomic E-state index is -0.510. The molecular weight excluding hydrogens is 638 g/mol. The van der Waals surface area contributed by atoms with E-state index < -0.39 is 6.16 Å². The molecule has 7 nitrogen and oxygen atoms in total. The van der Waals surface area contributed by atoms with Crippen molar-refractivity contribution in [1.29, 1.82) is 0 Å². The van der Waals surface area contributed by atoms with Crippen molar-refractivity contribution in [2.75, 3.05) is 46.1 Å². The average molecular weight is 726 g/mol. The van der Waals surface area contributed by atoms with Gasteiger partial charge in [-0.05, 0) is 76.8 Å². The highest BCUT2D eigenvalue weighted by Crippen LogP contribution is 2.21. The highest BCUT2D eigenvalue weighted by Gasteiger charge is 2.19. The Hall–Kier alpha value is -1.34. The van der Waals surface area contributed by atoms with Gasteiger partial charge in [0.25, 0.3) is 0 Å². The second-order valence-electron chi connectivity index (χ2n) is 15.3. The first kappa shape index (κ1) is 49.7. The topological polar surface area (TPSA) is 85.3 Å². The lowest BCUT2D eigenvalue weighted by molar-refractivity contribution is -0.149.